The third-order valence-corrected chi connectivity index (χ3v) is 2.51. The van der Waals surface area contributed by atoms with Crippen LogP contribution in [0.5, 0.6) is 0 Å². The molecule has 0 spiro atoms. The van der Waals surface area contributed by atoms with Crippen molar-refractivity contribution in [1.29, 1.82) is 0 Å². The zero-order valence-electron chi connectivity index (χ0n) is 7.04. The largest absolute Gasteiger partial charge is 0.224 e. The normalized spacial score (nSPS) is 14.2. The Bertz CT molecular complexity index is 130. The lowest BCUT2D eigenvalue weighted by molar-refractivity contribution is -1.07. The maximum Gasteiger partial charge on any atom is 0.224 e. The van der Waals surface area contributed by atoms with Gasteiger partial charge in [0.2, 0.25) is 3.79 Å². The van der Waals surface area contributed by atoms with Gasteiger partial charge in [0, 0.05) is 0 Å². The smallest absolute Gasteiger partial charge is 0.195 e. The molecule has 5 heteroatoms. The van der Waals surface area contributed by atoms with Gasteiger partial charge < -0.3 is 0 Å². The van der Waals surface area contributed by atoms with Crippen molar-refractivity contribution >= 4 is 34.8 Å². The highest BCUT2D eigenvalue weighted by Gasteiger charge is 2.44. The highest BCUT2D eigenvalue weighted by molar-refractivity contribution is 6.68. The Morgan fingerprint density at radius 3 is 1.55 bits per heavy atom. The zero-order chi connectivity index (χ0) is 9.28. The molecule has 0 saturated carbocycles. The van der Waals surface area contributed by atoms with Gasteiger partial charge >= 0.3 is 0 Å². The van der Waals surface area contributed by atoms with Gasteiger partial charge in [-0.15, -0.1) is 0 Å². The van der Waals surface area contributed by atoms with Gasteiger partial charge in [-0.25, -0.2) is 0 Å². The summed E-state index contributed by atoms with van der Waals surface area (Å²) in [7, 11) is 3.64. The Balaban J connectivity index is 4.22. The van der Waals surface area contributed by atoms with Crippen LogP contribution in [-0.4, -0.2) is 23.5 Å². The molecule has 11 heavy (non-hydrogen) atoms. The Labute approximate surface area is 82.3 Å². The van der Waals surface area contributed by atoms with Crippen LogP contribution in [0.2, 0.25) is 0 Å². The van der Waals surface area contributed by atoms with E-state index in [0.717, 1.165) is 5.06 Å². The number of hydrogen-bond donors (Lipinski definition) is 1. The SMILES string of the molecule is C[NH+](C)OC(C)(C)C(Cl)(Cl)Cl. The Morgan fingerprint density at radius 2 is 1.45 bits per heavy atom. The summed E-state index contributed by atoms with van der Waals surface area (Å²) in [6, 6.07) is 0. The molecule has 0 aliphatic rings. The molecule has 0 rings (SSSR count). The molecule has 0 aromatic rings. The fourth-order valence-corrected chi connectivity index (χ4v) is 0.684. The molecule has 0 aliphatic heterocycles. The van der Waals surface area contributed by atoms with Crippen LogP contribution in [0.4, 0.5) is 0 Å². The summed E-state index contributed by atoms with van der Waals surface area (Å²) in [6.45, 7) is 3.46. The summed E-state index contributed by atoms with van der Waals surface area (Å²) < 4.78 is -1.40. The van der Waals surface area contributed by atoms with Crippen LogP contribution in [0.1, 0.15) is 13.8 Å². The van der Waals surface area contributed by atoms with E-state index in [1.165, 1.54) is 0 Å². The van der Waals surface area contributed by atoms with E-state index in [-0.39, 0.29) is 0 Å². The number of hydroxylamine groups is 2. The third kappa shape index (κ3) is 3.81. The first-order valence-corrected chi connectivity index (χ1v) is 4.36. The quantitative estimate of drug-likeness (QED) is 0.547. The lowest BCUT2D eigenvalue weighted by Crippen LogP contribution is -3.06. The van der Waals surface area contributed by atoms with Crippen LogP contribution in [0.15, 0.2) is 0 Å². The predicted molar refractivity (Wildman–Crippen MR) is 48.3 cm³/mol. The number of hydrogen-bond acceptors (Lipinski definition) is 1. The van der Waals surface area contributed by atoms with Crippen LogP contribution in [0.3, 0.4) is 0 Å². The number of nitrogens with one attached hydrogen (secondary N) is 1. The van der Waals surface area contributed by atoms with E-state index in [9.17, 15) is 0 Å². The molecule has 0 amide bonds. The van der Waals surface area contributed by atoms with Crippen LogP contribution in [0.25, 0.3) is 0 Å². The summed E-state index contributed by atoms with van der Waals surface area (Å²) in [5.74, 6) is 0. The molecule has 0 unspecified atom stereocenters. The number of quaternary nitrogens is 1. The van der Waals surface area contributed by atoms with E-state index in [1.54, 1.807) is 13.8 Å². The topological polar surface area (TPSA) is 13.7 Å². The number of rotatable bonds is 2. The molecule has 2 nitrogen and oxygen atoms in total. The summed E-state index contributed by atoms with van der Waals surface area (Å²) in [6.07, 6.45) is 0. The first-order chi connectivity index (χ1) is 4.67. The Kier molecular flexibility index (Phi) is 3.93. The molecule has 68 valence electrons. The lowest BCUT2D eigenvalue weighted by Gasteiger charge is -2.30. The van der Waals surface area contributed by atoms with E-state index < -0.39 is 9.39 Å². The van der Waals surface area contributed by atoms with Gasteiger partial charge in [0.05, 0.1) is 14.1 Å². The summed E-state index contributed by atoms with van der Waals surface area (Å²) >= 11 is 17.0. The van der Waals surface area contributed by atoms with E-state index >= 15 is 0 Å². The summed E-state index contributed by atoms with van der Waals surface area (Å²) in [5.41, 5.74) is -0.781. The standard InChI is InChI=1S/C6H12Cl3NO/c1-5(2,6(7,8)9)11-10(3)4/h1-4H3/p+1. The zero-order valence-corrected chi connectivity index (χ0v) is 9.31. The number of alkyl halides is 3. The second kappa shape index (κ2) is 3.67. The fourth-order valence-electron chi connectivity index (χ4n) is 0.568. The van der Waals surface area contributed by atoms with Crippen molar-refractivity contribution in [2.24, 2.45) is 0 Å². The van der Waals surface area contributed by atoms with Crippen LogP contribution < -0.4 is 5.06 Å². The highest BCUT2D eigenvalue weighted by atomic mass is 35.6. The molecule has 0 saturated heterocycles. The lowest BCUT2D eigenvalue weighted by atomic mass is 10.2. The molecular weight excluding hydrogens is 208 g/mol. The maximum atomic E-state index is 5.66. The van der Waals surface area contributed by atoms with Gasteiger partial charge in [0.15, 0.2) is 5.60 Å². The molecular formula is C6H13Cl3NO+. The molecule has 0 fully saturated rings. The first kappa shape index (κ1) is 11.8. The minimum absolute atomic E-state index is 0.779. The molecule has 1 N–H and O–H groups in total. The summed E-state index contributed by atoms with van der Waals surface area (Å²) in [5, 5.41) is 0.779. The van der Waals surface area contributed by atoms with Gasteiger partial charge in [-0.05, 0) is 13.8 Å². The average molecular weight is 222 g/mol. The maximum absolute atomic E-state index is 5.66. The third-order valence-electron chi connectivity index (χ3n) is 1.14. The highest BCUT2D eigenvalue weighted by Crippen LogP contribution is 2.39. The van der Waals surface area contributed by atoms with Gasteiger partial charge in [-0.3, -0.25) is 0 Å². The van der Waals surface area contributed by atoms with Gasteiger partial charge in [-0.2, -0.15) is 9.90 Å². The van der Waals surface area contributed by atoms with Crippen molar-refractivity contribution in [1.82, 2.24) is 0 Å². The van der Waals surface area contributed by atoms with Gasteiger partial charge in [0.1, 0.15) is 0 Å². The van der Waals surface area contributed by atoms with Crippen LogP contribution in [0, 0.1) is 0 Å². The van der Waals surface area contributed by atoms with E-state index in [4.69, 9.17) is 39.6 Å². The Hall–Kier alpha value is 0.790. The van der Waals surface area contributed by atoms with Crippen LogP contribution >= 0.6 is 34.8 Å². The molecule has 0 atom stereocenters. The molecule has 0 radical (unpaired) electrons. The van der Waals surface area contributed by atoms with Crippen molar-refractivity contribution in [2.45, 2.75) is 23.2 Å². The van der Waals surface area contributed by atoms with Crippen molar-refractivity contribution in [3.63, 3.8) is 0 Å². The van der Waals surface area contributed by atoms with Gasteiger partial charge in [-0.1, -0.05) is 34.8 Å². The second-order valence-corrected chi connectivity index (χ2v) is 5.30. The molecule has 0 bridgehead atoms. The minimum atomic E-state index is -1.40. The minimum Gasteiger partial charge on any atom is -0.195 e. The molecule has 0 aliphatic carbocycles. The van der Waals surface area contributed by atoms with E-state index in [1.807, 2.05) is 14.1 Å². The average Bonchev–Trinajstić information content (AvgIpc) is 1.56. The Morgan fingerprint density at radius 1 is 1.09 bits per heavy atom. The molecule has 0 aromatic heterocycles. The predicted octanol–water partition coefficient (Wildman–Crippen LogP) is 1.21. The van der Waals surface area contributed by atoms with Crippen molar-refractivity contribution in [3.8, 4) is 0 Å². The van der Waals surface area contributed by atoms with Crippen molar-refractivity contribution in [3.05, 3.63) is 0 Å². The van der Waals surface area contributed by atoms with E-state index in [0.29, 0.717) is 0 Å². The molecule has 0 aromatic carbocycles. The van der Waals surface area contributed by atoms with E-state index in [2.05, 4.69) is 0 Å². The van der Waals surface area contributed by atoms with Crippen molar-refractivity contribution < 1.29 is 9.90 Å². The van der Waals surface area contributed by atoms with Crippen molar-refractivity contribution in [2.75, 3.05) is 14.1 Å². The summed E-state index contributed by atoms with van der Waals surface area (Å²) in [4.78, 5) is 5.32. The fraction of sp³-hybridized carbons (Fsp3) is 1.00. The second-order valence-electron chi connectivity index (χ2n) is 3.02. The first-order valence-electron chi connectivity index (χ1n) is 3.23. The monoisotopic (exact) mass is 220 g/mol. The molecule has 0 heterocycles. The van der Waals surface area contributed by atoms with Crippen LogP contribution in [-0.2, 0) is 4.84 Å². The number of halogens is 3. The van der Waals surface area contributed by atoms with Gasteiger partial charge in [0.25, 0.3) is 0 Å².